The summed E-state index contributed by atoms with van der Waals surface area (Å²) in [6, 6.07) is 5.20. The lowest BCUT2D eigenvalue weighted by atomic mass is 10.2. The molecule has 0 aliphatic heterocycles. The summed E-state index contributed by atoms with van der Waals surface area (Å²) in [5.41, 5.74) is 1.61. The zero-order chi connectivity index (χ0) is 11.4. The Morgan fingerprint density at radius 1 is 1.33 bits per heavy atom. The number of anilines is 1. The largest absolute Gasteiger partial charge is 0.239 e. The number of hydrogen-bond donors (Lipinski definition) is 0. The minimum atomic E-state index is 0.565. The van der Waals surface area contributed by atoms with Gasteiger partial charge >= 0.3 is 0 Å². The summed E-state index contributed by atoms with van der Waals surface area (Å²) in [5, 5.41) is 6.63. The van der Waals surface area contributed by atoms with Crippen LogP contribution in [0.2, 0.25) is 10.0 Å². The quantitative estimate of drug-likeness (QED) is 0.567. The van der Waals surface area contributed by atoms with Gasteiger partial charge in [-0.1, -0.05) is 36.7 Å². The van der Waals surface area contributed by atoms with Gasteiger partial charge in [0.1, 0.15) is 0 Å². The first-order valence-corrected chi connectivity index (χ1v) is 5.24. The Morgan fingerprint density at radius 3 is 2.27 bits per heavy atom. The van der Waals surface area contributed by atoms with Gasteiger partial charge in [-0.2, -0.15) is 5.10 Å². The standard InChI is InChI=1S/C11H12Cl2N2/c1-4-8(2)15(14-3)11-6-9(12)5-10(13)7-11/h5-7H,2-4H2,1H3. The number of halogens is 2. The molecule has 0 saturated heterocycles. The minimum absolute atomic E-state index is 0.565. The van der Waals surface area contributed by atoms with Gasteiger partial charge in [-0.25, -0.2) is 5.01 Å². The maximum atomic E-state index is 5.90. The van der Waals surface area contributed by atoms with Crippen LogP contribution in [0.4, 0.5) is 5.69 Å². The Hall–Kier alpha value is -0.990. The smallest absolute Gasteiger partial charge is 0.0677 e. The topological polar surface area (TPSA) is 15.6 Å². The molecule has 0 heterocycles. The Morgan fingerprint density at radius 2 is 1.87 bits per heavy atom. The highest BCUT2D eigenvalue weighted by atomic mass is 35.5. The predicted molar refractivity (Wildman–Crippen MR) is 67.9 cm³/mol. The number of allylic oxidation sites excluding steroid dienone is 1. The van der Waals surface area contributed by atoms with Crippen molar-refractivity contribution in [1.82, 2.24) is 0 Å². The van der Waals surface area contributed by atoms with Gasteiger partial charge in [-0.05, 0) is 24.6 Å². The molecule has 0 radical (unpaired) electrons. The summed E-state index contributed by atoms with van der Waals surface area (Å²) < 4.78 is 0. The van der Waals surface area contributed by atoms with Crippen LogP contribution in [-0.4, -0.2) is 6.72 Å². The lowest BCUT2D eigenvalue weighted by Crippen LogP contribution is -2.13. The normalized spacial score (nSPS) is 9.80. The molecule has 4 heteroatoms. The Kier molecular flexibility index (Phi) is 4.18. The number of hydrazone groups is 1. The third kappa shape index (κ3) is 2.98. The van der Waals surface area contributed by atoms with Gasteiger partial charge in [0.15, 0.2) is 0 Å². The van der Waals surface area contributed by atoms with E-state index in [9.17, 15) is 0 Å². The molecule has 15 heavy (non-hydrogen) atoms. The average Bonchev–Trinajstić information content (AvgIpc) is 2.17. The van der Waals surface area contributed by atoms with Crippen LogP contribution in [0, 0.1) is 0 Å². The molecule has 1 aromatic carbocycles. The van der Waals surface area contributed by atoms with E-state index in [-0.39, 0.29) is 0 Å². The highest BCUT2D eigenvalue weighted by molar-refractivity contribution is 6.35. The number of rotatable bonds is 4. The van der Waals surface area contributed by atoms with Gasteiger partial charge in [-0.3, -0.25) is 0 Å². The SMILES string of the molecule is C=NN(C(=C)CC)c1cc(Cl)cc(Cl)c1. The minimum Gasteiger partial charge on any atom is -0.239 e. The van der Waals surface area contributed by atoms with Crippen molar-refractivity contribution in [2.24, 2.45) is 5.10 Å². The summed E-state index contributed by atoms with van der Waals surface area (Å²) in [7, 11) is 0. The zero-order valence-corrected chi connectivity index (χ0v) is 10.0. The molecule has 0 unspecified atom stereocenters. The molecule has 1 rings (SSSR count). The maximum Gasteiger partial charge on any atom is 0.0677 e. The summed E-state index contributed by atoms with van der Waals surface area (Å²) >= 11 is 11.8. The van der Waals surface area contributed by atoms with E-state index >= 15 is 0 Å². The first kappa shape index (κ1) is 12.1. The predicted octanol–water partition coefficient (Wildman–Crippen LogP) is 4.34. The van der Waals surface area contributed by atoms with E-state index in [1.54, 1.807) is 23.2 Å². The first-order chi connectivity index (χ1) is 7.08. The van der Waals surface area contributed by atoms with Crippen LogP contribution in [0.15, 0.2) is 35.6 Å². The average molecular weight is 243 g/mol. The monoisotopic (exact) mass is 242 g/mol. The van der Waals surface area contributed by atoms with Gasteiger partial charge in [-0.15, -0.1) is 0 Å². The molecule has 0 amide bonds. The van der Waals surface area contributed by atoms with Gasteiger partial charge in [0, 0.05) is 22.5 Å². The second-order valence-corrected chi connectivity index (χ2v) is 3.87. The summed E-state index contributed by atoms with van der Waals surface area (Å²) in [4.78, 5) is 0. The molecular formula is C11H12Cl2N2. The molecule has 0 atom stereocenters. The highest BCUT2D eigenvalue weighted by Crippen LogP contribution is 2.28. The van der Waals surface area contributed by atoms with E-state index in [1.807, 2.05) is 6.92 Å². The summed E-state index contributed by atoms with van der Waals surface area (Å²) in [6.07, 6.45) is 0.781. The lowest BCUT2D eigenvalue weighted by Gasteiger charge is -2.20. The maximum absolute atomic E-state index is 5.90. The molecule has 0 bridgehead atoms. The zero-order valence-electron chi connectivity index (χ0n) is 8.50. The molecule has 0 spiro atoms. The van der Waals surface area contributed by atoms with Gasteiger partial charge < -0.3 is 0 Å². The van der Waals surface area contributed by atoms with Crippen LogP contribution in [0.3, 0.4) is 0 Å². The van der Waals surface area contributed by atoms with E-state index in [1.165, 1.54) is 0 Å². The van der Waals surface area contributed by atoms with E-state index in [0.29, 0.717) is 10.0 Å². The third-order valence-corrected chi connectivity index (χ3v) is 2.38. The van der Waals surface area contributed by atoms with Crippen molar-refractivity contribution in [3.05, 3.63) is 40.5 Å². The number of benzene rings is 1. The van der Waals surface area contributed by atoms with Gasteiger partial charge in [0.25, 0.3) is 0 Å². The molecule has 80 valence electrons. The molecule has 0 aliphatic carbocycles. The van der Waals surface area contributed by atoms with Crippen LogP contribution >= 0.6 is 23.2 Å². The fourth-order valence-electron chi connectivity index (χ4n) is 1.18. The molecule has 2 nitrogen and oxygen atoms in total. The van der Waals surface area contributed by atoms with Crippen LogP contribution < -0.4 is 5.01 Å². The third-order valence-electron chi connectivity index (χ3n) is 1.94. The second kappa shape index (κ2) is 5.19. The summed E-state index contributed by atoms with van der Waals surface area (Å²) in [6.45, 7) is 9.37. The van der Waals surface area contributed by atoms with Crippen LogP contribution in [0.5, 0.6) is 0 Å². The Balaban J connectivity index is 3.12. The van der Waals surface area contributed by atoms with E-state index in [4.69, 9.17) is 23.2 Å². The van der Waals surface area contributed by atoms with Crippen molar-refractivity contribution in [3.63, 3.8) is 0 Å². The Bertz CT molecular complexity index is 368. The fourth-order valence-corrected chi connectivity index (χ4v) is 1.69. The van der Waals surface area contributed by atoms with Crippen molar-refractivity contribution in [3.8, 4) is 0 Å². The number of hydrogen-bond acceptors (Lipinski definition) is 2. The van der Waals surface area contributed by atoms with Crippen molar-refractivity contribution >= 4 is 35.6 Å². The molecule has 1 aromatic rings. The number of nitrogens with zero attached hydrogens (tertiary/aromatic N) is 2. The van der Waals surface area contributed by atoms with E-state index in [0.717, 1.165) is 17.8 Å². The fraction of sp³-hybridized carbons (Fsp3) is 0.182. The molecule has 0 aliphatic rings. The first-order valence-electron chi connectivity index (χ1n) is 4.49. The van der Waals surface area contributed by atoms with Crippen LogP contribution in [0.25, 0.3) is 0 Å². The van der Waals surface area contributed by atoms with Gasteiger partial charge in [0.2, 0.25) is 0 Å². The van der Waals surface area contributed by atoms with Crippen molar-refractivity contribution in [2.45, 2.75) is 13.3 Å². The van der Waals surface area contributed by atoms with Gasteiger partial charge in [0.05, 0.1) is 5.69 Å². The van der Waals surface area contributed by atoms with Crippen molar-refractivity contribution in [2.75, 3.05) is 5.01 Å². The van der Waals surface area contributed by atoms with Crippen LogP contribution in [-0.2, 0) is 0 Å². The van der Waals surface area contributed by atoms with E-state index < -0.39 is 0 Å². The van der Waals surface area contributed by atoms with Crippen LogP contribution in [0.1, 0.15) is 13.3 Å². The molecule has 0 saturated carbocycles. The summed E-state index contributed by atoms with van der Waals surface area (Å²) in [5.74, 6) is 0. The van der Waals surface area contributed by atoms with Crippen molar-refractivity contribution in [1.29, 1.82) is 0 Å². The molecule has 0 aromatic heterocycles. The highest BCUT2D eigenvalue weighted by Gasteiger charge is 2.08. The molecular weight excluding hydrogens is 231 g/mol. The lowest BCUT2D eigenvalue weighted by molar-refractivity contribution is 0.932. The van der Waals surface area contributed by atoms with Crippen molar-refractivity contribution < 1.29 is 0 Å². The second-order valence-electron chi connectivity index (χ2n) is 3.00. The molecule has 0 fully saturated rings. The van der Waals surface area contributed by atoms with E-state index in [2.05, 4.69) is 18.4 Å². The Labute approximate surface area is 99.8 Å². The molecule has 0 N–H and O–H groups in total.